The molecule has 0 amide bonds. The average molecular weight is 269 g/mol. The lowest BCUT2D eigenvalue weighted by molar-refractivity contribution is 0.0696. The van der Waals surface area contributed by atoms with Gasteiger partial charge in [0.25, 0.3) is 0 Å². The van der Waals surface area contributed by atoms with Crippen molar-refractivity contribution in [3.05, 3.63) is 29.8 Å². The number of carbonyl (C=O) groups is 1. The number of rotatable bonds is 4. The van der Waals surface area contributed by atoms with Crippen LogP contribution < -0.4 is 4.72 Å². The van der Waals surface area contributed by atoms with E-state index < -0.39 is 16.0 Å². The van der Waals surface area contributed by atoms with Crippen LogP contribution in [0.3, 0.4) is 0 Å². The van der Waals surface area contributed by atoms with Crippen LogP contribution in [0.15, 0.2) is 29.2 Å². The highest BCUT2D eigenvalue weighted by molar-refractivity contribution is 7.89. The lowest BCUT2D eigenvalue weighted by Crippen LogP contribution is -2.28. The fourth-order valence-electron chi connectivity index (χ4n) is 1.70. The summed E-state index contributed by atoms with van der Waals surface area (Å²) < 4.78 is 26.6. The van der Waals surface area contributed by atoms with Crippen molar-refractivity contribution in [3.63, 3.8) is 0 Å². The van der Waals surface area contributed by atoms with Crippen molar-refractivity contribution in [1.29, 1.82) is 0 Å². The summed E-state index contributed by atoms with van der Waals surface area (Å²) in [5.41, 5.74) is 0.0781. The second kappa shape index (κ2) is 4.07. The number of hydrogen-bond donors (Lipinski definition) is 2. The Morgan fingerprint density at radius 2 is 1.83 bits per heavy atom. The van der Waals surface area contributed by atoms with Gasteiger partial charge < -0.3 is 5.11 Å². The lowest BCUT2D eigenvalue weighted by Gasteiger charge is -2.08. The Balaban J connectivity index is 2.17. The topological polar surface area (TPSA) is 83.5 Å². The van der Waals surface area contributed by atoms with Gasteiger partial charge in [0.05, 0.1) is 10.5 Å². The van der Waals surface area contributed by atoms with Crippen LogP contribution >= 0.6 is 0 Å². The van der Waals surface area contributed by atoms with Crippen LogP contribution in [0.25, 0.3) is 0 Å². The molecule has 5 nitrogen and oxygen atoms in total. The molecule has 1 atom stereocenters. The zero-order valence-electron chi connectivity index (χ0n) is 10.2. The molecule has 0 bridgehead atoms. The standard InChI is InChI=1S/C12H15NO4S/c1-12(2)7-10(12)13-18(16,17)9-5-3-8(4-6-9)11(14)15/h3-6,10,13H,7H2,1-2H3,(H,14,15). The number of carboxylic acid groups (broad SMARTS) is 1. The predicted molar refractivity (Wildman–Crippen MR) is 65.9 cm³/mol. The first-order chi connectivity index (χ1) is 8.22. The summed E-state index contributed by atoms with van der Waals surface area (Å²) in [5, 5.41) is 8.74. The van der Waals surface area contributed by atoms with E-state index in [1.54, 1.807) is 0 Å². The van der Waals surface area contributed by atoms with E-state index in [4.69, 9.17) is 5.11 Å². The number of nitrogens with one attached hydrogen (secondary N) is 1. The van der Waals surface area contributed by atoms with Crippen molar-refractivity contribution in [2.45, 2.75) is 31.2 Å². The molecule has 0 aliphatic heterocycles. The fourth-order valence-corrected chi connectivity index (χ4v) is 3.11. The summed E-state index contributed by atoms with van der Waals surface area (Å²) in [4.78, 5) is 10.8. The van der Waals surface area contributed by atoms with E-state index in [0.29, 0.717) is 0 Å². The van der Waals surface area contributed by atoms with Gasteiger partial charge in [-0.1, -0.05) is 13.8 Å². The third-order valence-corrected chi connectivity index (χ3v) is 4.71. The van der Waals surface area contributed by atoms with Gasteiger partial charge in [0.1, 0.15) is 0 Å². The van der Waals surface area contributed by atoms with Crippen molar-refractivity contribution in [1.82, 2.24) is 4.72 Å². The molecular formula is C12H15NO4S. The van der Waals surface area contributed by atoms with Gasteiger partial charge in [0.15, 0.2) is 0 Å². The number of benzene rings is 1. The van der Waals surface area contributed by atoms with Gasteiger partial charge in [0, 0.05) is 6.04 Å². The molecule has 18 heavy (non-hydrogen) atoms. The molecule has 6 heteroatoms. The fraction of sp³-hybridized carbons (Fsp3) is 0.417. The second-order valence-corrected chi connectivity index (χ2v) is 6.91. The molecule has 1 aliphatic carbocycles. The van der Waals surface area contributed by atoms with E-state index in [2.05, 4.69) is 4.72 Å². The predicted octanol–water partition coefficient (Wildman–Crippen LogP) is 1.46. The molecule has 2 rings (SSSR count). The smallest absolute Gasteiger partial charge is 0.335 e. The van der Waals surface area contributed by atoms with Crippen molar-refractivity contribution in [3.8, 4) is 0 Å². The second-order valence-electron chi connectivity index (χ2n) is 5.20. The van der Waals surface area contributed by atoms with Crippen LogP contribution in [-0.2, 0) is 10.0 Å². The normalized spacial score (nSPS) is 21.6. The van der Waals surface area contributed by atoms with Gasteiger partial charge in [-0.15, -0.1) is 0 Å². The minimum atomic E-state index is -3.55. The van der Waals surface area contributed by atoms with Crippen LogP contribution in [0.5, 0.6) is 0 Å². The minimum absolute atomic E-state index is 0.00801. The maximum atomic E-state index is 12.0. The molecular weight excluding hydrogens is 254 g/mol. The average Bonchev–Trinajstić information content (AvgIpc) is 2.85. The van der Waals surface area contributed by atoms with Gasteiger partial charge in [-0.05, 0) is 36.1 Å². The summed E-state index contributed by atoms with van der Waals surface area (Å²) >= 11 is 0. The monoisotopic (exact) mass is 269 g/mol. The molecule has 2 N–H and O–H groups in total. The Morgan fingerprint density at radius 1 is 1.33 bits per heavy atom. The Kier molecular flexibility index (Phi) is 2.95. The van der Waals surface area contributed by atoms with Crippen LogP contribution in [0, 0.1) is 5.41 Å². The van der Waals surface area contributed by atoms with Crippen LogP contribution in [0.2, 0.25) is 0 Å². The Morgan fingerprint density at radius 3 is 2.22 bits per heavy atom. The van der Waals surface area contributed by atoms with Crippen LogP contribution in [0.1, 0.15) is 30.6 Å². The molecule has 0 heterocycles. The first kappa shape index (κ1) is 13.0. The molecule has 0 radical (unpaired) electrons. The Hall–Kier alpha value is -1.40. The van der Waals surface area contributed by atoms with E-state index in [9.17, 15) is 13.2 Å². The third kappa shape index (κ3) is 2.54. The Labute approximate surface area is 106 Å². The molecule has 0 saturated heterocycles. The maximum absolute atomic E-state index is 12.0. The summed E-state index contributed by atoms with van der Waals surface area (Å²) in [5.74, 6) is -1.07. The maximum Gasteiger partial charge on any atom is 0.335 e. The molecule has 1 aromatic rings. The summed E-state index contributed by atoms with van der Waals surface area (Å²) in [6.07, 6.45) is 0.819. The van der Waals surface area contributed by atoms with E-state index in [0.717, 1.165) is 6.42 Å². The first-order valence-electron chi connectivity index (χ1n) is 5.58. The van der Waals surface area contributed by atoms with Crippen molar-refractivity contribution < 1.29 is 18.3 Å². The lowest BCUT2D eigenvalue weighted by atomic mass is 10.2. The van der Waals surface area contributed by atoms with Crippen molar-refractivity contribution >= 4 is 16.0 Å². The highest BCUT2D eigenvalue weighted by atomic mass is 32.2. The van der Waals surface area contributed by atoms with Crippen LogP contribution in [-0.4, -0.2) is 25.5 Å². The Bertz CT molecular complexity index is 575. The molecule has 0 aromatic heterocycles. The molecule has 1 aromatic carbocycles. The zero-order chi connectivity index (χ0) is 13.6. The van der Waals surface area contributed by atoms with Gasteiger partial charge in [0.2, 0.25) is 10.0 Å². The SMILES string of the molecule is CC1(C)CC1NS(=O)(=O)c1ccc(C(=O)O)cc1. The van der Waals surface area contributed by atoms with E-state index in [-0.39, 0.29) is 21.9 Å². The largest absolute Gasteiger partial charge is 0.478 e. The number of hydrogen-bond acceptors (Lipinski definition) is 3. The van der Waals surface area contributed by atoms with Gasteiger partial charge in [-0.3, -0.25) is 0 Å². The number of sulfonamides is 1. The van der Waals surface area contributed by atoms with Crippen molar-refractivity contribution in [2.75, 3.05) is 0 Å². The summed E-state index contributed by atoms with van der Waals surface area (Å²) in [6.45, 7) is 3.99. The van der Waals surface area contributed by atoms with Gasteiger partial charge in [-0.2, -0.15) is 0 Å². The quantitative estimate of drug-likeness (QED) is 0.866. The summed E-state index contributed by atoms with van der Waals surface area (Å²) in [6, 6.07) is 5.15. The molecule has 1 saturated carbocycles. The molecule has 1 aliphatic rings. The van der Waals surface area contributed by atoms with Gasteiger partial charge in [-0.25, -0.2) is 17.9 Å². The number of aromatic carboxylic acids is 1. The first-order valence-corrected chi connectivity index (χ1v) is 7.06. The zero-order valence-corrected chi connectivity index (χ0v) is 11.0. The molecule has 1 fully saturated rings. The van der Waals surface area contributed by atoms with E-state index in [1.807, 2.05) is 13.8 Å². The highest BCUT2D eigenvalue weighted by Crippen LogP contribution is 2.45. The molecule has 0 spiro atoms. The minimum Gasteiger partial charge on any atom is -0.478 e. The highest BCUT2D eigenvalue weighted by Gasteiger charge is 2.47. The number of carboxylic acids is 1. The summed E-state index contributed by atoms with van der Waals surface area (Å²) in [7, 11) is -3.55. The molecule has 1 unspecified atom stereocenters. The molecule has 98 valence electrons. The van der Waals surface area contributed by atoms with Crippen LogP contribution in [0.4, 0.5) is 0 Å². The van der Waals surface area contributed by atoms with E-state index in [1.165, 1.54) is 24.3 Å². The van der Waals surface area contributed by atoms with Gasteiger partial charge >= 0.3 is 5.97 Å². The van der Waals surface area contributed by atoms with E-state index >= 15 is 0 Å². The van der Waals surface area contributed by atoms with Crippen molar-refractivity contribution in [2.24, 2.45) is 5.41 Å². The third-order valence-electron chi connectivity index (χ3n) is 3.22.